The van der Waals surface area contributed by atoms with Gasteiger partial charge in [-0.3, -0.25) is 0 Å². The number of aromatic nitrogens is 4. The van der Waals surface area contributed by atoms with Gasteiger partial charge in [-0.05, 0) is 32.4 Å². The number of rotatable bonds is 3. The summed E-state index contributed by atoms with van der Waals surface area (Å²) in [6.07, 6.45) is 0. The molecule has 0 fully saturated rings. The van der Waals surface area contributed by atoms with Crippen LogP contribution in [-0.2, 0) is 6.54 Å². The van der Waals surface area contributed by atoms with E-state index in [2.05, 4.69) is 40.4 Å². The molecular formula is C13H15N5OS. The maximum atomic E-state index is 11.5. The van der Waals surface area contributed by atoms with Gasteiger partial charge < -0.3 is 5.32 Å². The van der Waals surface area contributed by atoms with Crippen LogP contribution < -0.4 is 11.0 Å². The molecule has 3 heterocycles. The van der Waals surface area contributed by atoms with Crippen molar-refractivity contribution in [3.8, 4) is 0 Å². The molecule has 0 aliphatic rings. The quantitative estimate of drug-likeness (QED) is 0.773. The van der Waals surface area contributed by atoms with E-state index in [1.807, 2.05) is 0 Å². The van der Waals surface area contributed by atoms with Crippen LogP contribution in [0.5, 0.6) is 0 Å². The standard InChI is InChI=1S/C13H15N5OS/c1-7-4-10(20-8(7)2)6-14-11-5-12-16-17-13(19)18(12)9(3)15-11/h4-5,14H,6H2,1-3H3,(H,17,19). The van der Waals surface area contributed by atoms with Crippen LogP contribution in [0.3, 0.4) is 0 Å². The predicted octanol–water partition coefficient (Wildman–Crippen LogP) is 2.02. The molecule has 0 unspecified atom stereocenters. The second-order valence-electron chi connectivity index (χ2n) is 4.72. The van der Waals surface area contributed by atoms with Gasteiger partial charge in [0.15, 0.2) is 5.65 Å². The Bertz CT molecular complexity index is 810. The smallest absolute Gasteiger partial charge is 0.349 e. The van der Waals surface area contributed by atoms with Crippen molar-refractivity contribution in [3.05, 3.63) is 43.8 Å². The number of aryl methyl sites for hydroxylation is 3. The van der Waals surface area contributed by atoms with E-state index >= 15 is 0 Å². The molecule has 0 saturated heterocycles. The molecule has 0 bridgehead atoms. The highest BCUT2D eigenvalue weighted by atomic mass is 32.1. The van der Waals surface area contributed by atoms with Gasteiger partial charge in [-0.1, -0.05) is 0 Å². The second-order valence-corrected chi connectivity index (χ2v) is 6.06. The lowest BCUT2D eigenvalue weighted by Gasteiger charge is -2.05. The molecule has 0 aliphatic carbocycles. The highest BCUT2D eigenvalue weighted by Crippen LogP contribution is 2.21. The van der Waals surface area contributed by atoms with E-state index in [1.54, 1.807) is 24.3 Å². The Morgan fingerprint density at radius 1 is 1.35 bits per heavy atom. The van der Waals surface area contributed by atoms with Crippen molar-refractivity contribution in [3.63, 3.8) is 0 Å². The summed E-state index contributed by atoms with van der Waals surface area (Å²) < 4.78 is 1.45. The van der Waals surface area contributed by atoms with E-state index < -0.39 is 0 Å². The molecule has 0 aromatic carbocycles. The average molecular weight is 289 g/mol. The number of H-pyrrole nitrogens is 1. The number of thiophene rings is 1. The molecule has 20 heavy (non-hydrogen) atoms. The summed E-state index contributed by atoms with van der Waals surface area (Å²) in [4.78, 5) is 18.5. The molecule has 104 valence electrons. The largest absolute Gasteiger partial charge is 0.365 e. The first-order chi connectivity index (χ1) is 9.54. The summed E-state index contributed by atoms with van der Waals surface area (Å²) in [7, 11) is 0. The van der Waals surface area contributed by atoms with Gasteiger partial charge in [-0.15, -0.1) is 11.3 Å². The topological polar surface area (TPSA) is 75.1 Å². The zero-order chi connectivity index (χ0) is 14.3. The third-order valence-electron chi connectivity index (χ3n) is 3.23. The van der Waals surface area contributed by atoms with E-state index in [9.17, 15) is 4.79 Å². The fraction of sp³-hybridized carbons (Fsp3) is 0.308. The van der Waals surface area contributed by atoms with Gasteiger partial charge in [0.2, 0.25) is 0 Å². The van der Waals surface area contributed by atoms with Crippen molar-refractivity contribution < 1.29 is 0 Å². The summed E-state index contributed by atoms with van der Waals surface area (Å²) >= 11 is 1.78. The summed E-state index contributed by atoms with van der Waals surface area (Å²) in [5, 5.41) is 9.66. The first-order valence-electron chi connectivity index (χ1n) is 6.29. The summed E-state index contributed by atoms with van der Waals surface area (Å²) in [5.74, 6) is 1.33. The molecule has 7 heteroatoms. The molecule has 2 N–H and O–H groups in total. The van der Waals surface area contributed by atoms with Gasteiger partial charge in [0.1, 0.15) is 11.6 Å². The van der Waals surface area contributed by atoms with Crippen LogP contribution in [0.25, 0.3) is 5.65 Å². The number of nitrogens with one attached hydrogen (secondary N) is 2. The van der Waals surface area contributed by atoms with Gasteiger partial charge in [-0.2, -0.15) is 5.10 Å². The van der Waals surface area contributed by atoms with Crippen LogP contribution in [-0.4, -0.2) is 19.6 Å². The zero-order valence-electron chi connectivity index (χ0n) is 11.5. The predicted molar refractivity (Wildman–Crippen MR) is 79.5 cm³/mol. The fourth-order valence-corrected chi connectivity index (χ4v) is 3.10. The molecule has 0 atom stereocenters. The Balaban J connectivity index is 1.86. The van der Waals surface area contributed by atoms with E-state index in [1.165, 1.54) is 19.7 Å². The van der Waals surface area contributed by atoms with Crippen LogP contribution >= 0.6 is 11.3 Å². The van der Waals surface area contributed by atoms with Crippen molar-refractivity contribution in [1.82, 2.24) is 19.6 Å². The lowest BCUT2D eigenvalue weighted by molar-refractivity contribution is 0.932. The maximum Gasteiger partial charge on any atom is 0.349 e. The number of nitrogens with zero attached hydrogens (tertiary/aromatic N) is 3. The van der Waals surface area contributed by atoms with Crippen molar-refractivity contribution in [2.75, 3.05) is 5.32 Å². The zero-order valence-corrected chi connectivity index (χ0v) is 12.3. The Morgan fingerprint density at radius 3 is 2.85 bits per heavy atom. The third kappa shape index (κ3) is 2.20. The van der Waals surface area contributed by atoms with Crippen LogP contribution in [0.15, 0.2) is 16.9 Å². The van der Waals surface area contributed by atoms with Crippen molar-refractivity contribution in [2.24, 2.45) is 0 Å². The number of anilines is 1. The van der Waals surface area contributed by atoms with Crippen molar-refractivity contribution >= 4 is 22.8 Å². The molecular weight excluding hydrogens is 274 g/mol. The van der Waals surface area contributed by atoms with Gasteiger partial charge in [0, 0.05) is 15.8 Å². The number of aromatic amines is 1. The minimum Gasteiger partial charge on any atom is -0.365 e. The van der Waals surface area contributed by atoms with Gasteiger partial charge in [-0.25, -0.2) is 19.3 Å². The molecule has 0 aliphatic heterocycles. The first kappa shape index (κ1) is 12.9. The van der Waals surface area contributed by atoms with Crippen LogP contribution in [0.2, 0.25) is 0 Å². The van der Waals surface area contributed by atoms with E-state index in [0.29, 0.717) is 11.5 Å². The number of hydrogen-bond donors (Lipinski definition) is 2. The van der Waals surface area contributed by atoms with E-state index in [0.717, 1.165) is 12.4 Å². The minimum absolute atomic E-state index is 0.263. The highest BCUT2D eigenvalue weighted by Gasteiger charge is 2.07. The molecule has 3 aromatic rings. The molecule has 0 radical (unpaired) electrons. The maximum absolute atomic E-state index is 11.5. The Kier molecular flexibility index (Phi) is 3.06. The molecule has 3 aromatic heterocycles. The Morgan fingerprint density at radius 2 is 2.15 bits per heavy atom. The molecule has 0 amide bonds. The summed E-state index contributed by atoms with van der Waals surface area (Å²) in [6, 6.07) is 3.94. The number of hydrogen-bond acceptors (Lipinski definition) is 5. The van der Waals surface area contributed by atoms with E-state index in [4.69, 9.17) is 0 Å². The lowest BCUT2D eigenvalue weighted by Crippen LogP contribution is -2.14. The highest BCUT2D eigenvalue weighted by molar-refractivity contribution is 7.12. The van der Waals surface area contributed by atoms with Crippen LogP contribution in [0, 0.1) is 20.8 Å². The monoisotopic (exact) mass is 289 g/mol. The third-order valence-corrected chi connectivity index (χ3v) is 4.38. The minimum atomic E-state index is -0.263. The second kappa shape index (κ2) is 4.75. The normalized spacial score (nSPS) is 11.2. The van der Waals surface area contributed by atoms with Crippen LogP contribution in [0.1, 0.15) is 21.1 Å². The molecule has 0 saturated carbocycles. The lowest BCUT2D eigenvalue weighted by atomic mass is 10.3. The molecule has 6 nitrogen and oxygen atoms in total. The van der Waals surface area contributed by atoms with Crippen LogP contribution in [0.4, 0.5) is 5.82 Å². The van der Waals surface area contributed by atoms with Crippen molar-refractivity contribution in [1.29, 1.82) is 0 Å². The SMILES string of the molecule is Cc1cc(CNc2cc3n[nH]c(=O)n3c(C)n2)sc1C. The van der Waals surface area contributed by atoms with Gasteiger partial charge >= 0.3 is 5.69 Å². The van der Waals surface area contributed by atoms with E-state index in [-0.39, 0.29) is 5.69 Å². The molecule has 0 spiro atoms. The molecule has 3 rings (SSSR count). The first-order valence-corrected chi connectivity index (χ1v) is 7.11. The fourth-order valence-electron chi connectivity index (χ4n) is 2.10. The Hall–Kier alpha value is -2.15. The number of fused-ring (bicyclic) bond motifs is 1. The summed E-state index contributed by atoms with van der Waals surface area (Å²) in [6.45, 7) is 6.74. The van der Waals surface area contributed by atoms with Crippen molar-refractivity contribution in [2.45, 2.75) is 27.3 Å². The van der Waals surface area contributed by atoms with Gasteiger partial charge in [0.05, 0.1) is 6.54 Å². The summed E-state index contributed by atoms with van der Waals surface area (Å²) in [5.41, 5.74) is 1.62. The average Bonchev–Trinajstić information content (AvgIpc) is 2.92. The Labute approximate surface area is 119 Å². The van der Waals surface area contributed by atoms with Gasteiger partial charge in [0.25, 0.3) is 0 Å².